The van der Waals surface area contributed by atoms with Crippen molar-refractivity contribution in [1.82, 2.24) is 0 Å². The number of aliphatic hydroxyl groups is 1. The van der Waals surface area contributed by atoms with Crippen LogP contribution in [0.5, 0.6) is 0 Å². The predicted molar refractivity (Wildman–Crippen MR) is 52.0 cm³/mol. The normalized spacial score (nSPS) is 29.7. The molecule has 1 aliphatic rings. The maximum atomic E-state index is 13.5. The minimum absolute atomic E-state index is 0.162. The summed E-state index contributed by atoms with van der Waals surface area (Å²) in [6.45, 7) is 0. The molecule has 0 aromatic heterocycles. The first-order chi connectivity index (χ1) is 7.44. The van der Waals surface area contributed by atoms with Crippen LogP contribution in [-0.2, 0) is 5.60 Å². The van der Waals surface area contributed by atoms with E-state index in [9.17, 15) is 18.3 Å². The van der Waals surface area contributed by atoms with E-state index in [0.717, 1.165) is 12.1 Å². The van der Waals surface area contributed by atoms with Crippen LogP contribution >= 0.6 is 0 Å². The number of hydrogen-bond donors (Lipinski definition) is 2. The lowest BCUT2D eigenvalue weighted by molar-refractivity contribution is 0.0385. The lowest BCUT2D eigenvalue weighted by Gasteiger charge is -2.23. The quantitative estimate of drug-likeness (QED) is 0.724. The van der Waals surface area contributed by atoms with Crippen molar-refractivity contribution in [2.45, 2.75) is 30.9 Å². The first kappa shape index (κ1) is 11.4. The maximum absolute atomic E-state index is 13.5. The molecule has 0 aliphatic heterocycles. The van der Waals surface area contributed by atoms with Crippen molar-refractivity contribution in [2.24, 2.45) is 5.73 Å². The molecule has 0 bridgehead atoms. The van der Waals surface area contributed by atoms with Gasteiger partial charge in [0.25, 0.3) is 0 Å². The first-order valence-electron chi connectivity index (χ1n) is 5.06. The summed E-state index contributed by atoms with van der Waals surface area (Å²) in [5.41, 5.74) is 3.93. The molecule has 1 aromatic carbocycles. The first-order valence-corrected chi connectivity index (χ1v) is 5.06. The molecule has 88 valence electrons. The molecule has 0 spiro atoms. The number of rotatable bonds is 1. The van der Waals surface area contributed by atoms with Gasteiger partial charge >= 0.3 is 0 Å². The van der Waals surface area contributed by atoms with Crippen LogP contribution in [0, 0.1) is 17.5 Å². The summed E-state index contributed by atoms with van der Waals surface area (Å²) in [7, 11) is 0. The molecule has 16 heavy (non-hydrogen) atoms. The second-order valence-electron chi connectivity index (χ2n) is 4.26. The van der Waals surface area contributed by atoms with Crippen LogP contribution in [0.1, 0.15) is 24.8 Å². The molecule has 1 fully saturated rings. The fraction of sp³-hybridized carbons (Fsp3) is 0.455. The molecule has 0 heterocycles. The van der Waals surface area contributed by atoms with Crippen LogP contribution in [-0.4, -0.2) is 11.1 Å². The molecule has 0 radical (unpaired) electrons. The zero-order valence-electron chi connectivity index (χ0n) is 8.51. The smallest absolute Gasteiger partial charge is 0.194 e. The molecular weight excluding hydrogens is 219 g/mol. The molecule has 0 amide bonds. The number of nitrogens with two attached hydrogens (primary N) is 1. The molecule has 5 heteroatoms. The van der Waals surface area contributed by atoms with E-state index in [1.165, 1.54) is 0 Å². The van der Waals surface area contributed by atoms with E-state index in [0.29, 0.717) is 6.42 Å². The number of halogens is 3. The monoisotopic (exact) mass is 231 g/mol. The van der Waals surface area contributed by atoms with E-state index in [1.54, 1.807) is 0 Å². The van der Waals surface area contributed by atoms with Crippen LogP contribution in [0.2, 0.25) is 0 Å². The van der Waals surface area contributed by atoms with Gasteiger partial charge in [-0.15, -0.1) is 0 Å². The van der Waals surface area contributed by atoms with Gasteiger partial charge in [-0.05, 0) is 25.3 Å². The van der Waals surface area contributed by atoms with Crippen LogP contribution in [0.3, 0.4) is 0 Å². The minimum atomic E-state index is -1.55. The van der Waals surface area contributed by atoms with Gasteiger partial charge in [0.2, 0.25) is 0 Å². The van der Waals surface area contributed by atoms with Crippen LogP contribution in [0.25, 0.3) is 0 Å². The number of hydrogen-bond acceptors (Lipinski definition) is 2. The Morgan fingerprint density at radius 3 is 2.50 bits per heavy atom. The standard InChI is InChI=1S/C11H12F3NO/c12-8-2-1-7(9(13)10(8)14)11(16)4-3-6(15)5-11/h1-2,6,16H,3-5,15H2. The van der Waals surface area contributed by atoms with Crippen molar-refractivity contribution in [3.05, 3.63) is 35.1 Å². The molecule has 2 rings (SSSR count). The van der Waals surface area contributed by atoms with Gasteiger partial charge in [0, 0.05) is 11.6 Å². The minimum Gasteiger partial charge on any atom is -0.385 e. The highest BCUT2D eigenvalue weighted by molar-refractivity contribution is 5.27. The van der Waals surface area contributed by atoms with E-state index in [1.807, 2.05) is 0 Å². The Morgan fingerprint density at radius 1 is 1.25 bits per heavy atom. The Morgan fingerprint density at radius 2 is 1.94 bits per heavy atom. The molecule has 2 atom stereocenters. The molecule has 1 aliphatic carbocycles. The second-order valence-corrected chi connectivity index (χ2v) is 4.26. The van der Waals surface area contributed by atoms with E-state index in [4.69, 9.17) is 5.73 Å². The third-order valence-electron chi connectivity index (χ3n) is 3.07. The SMILES string of the molecule is NC1CCC(O)(c2ccc(F)c(F)c2F)C1. The number of benzene rings is 1. The van der Waals surface area contributed by atoms with Gasteiger partial charge in [0.05, 0.1) is 5.60 Å². The molecule has 0 saturated heterocycles. The highest BCUT2D eigenvalue weighted by Gasteiger charge is 2.40. The third-order valence-corrected chi connectivity index (χ3v) is 3.07. The van der Waals surface area contributed by atoms with Crippen LogP contribution in [0.15, 0.2) is 12.1 Å². The summed E-state index contributed by atoms with van der Waals surface area (Å²) in [5.74, 6) is -4.13. The molecule has 3 N–H and O–H groups in total. The van der Waals surface area contributed by atoms with Crippen LogP contribution < -0.4 is 5.73 Å². The van der Waals surface area contributed by atoms with Crippen molar-refractivity contribution in [3.63, 3.8) is 0 Å². The summed E-state index contributed by atoms with van der Waals surface area (Å²) in [5, 5.41) is 10.1. The zero-order chi connectivity index (χ0) is 11.9. The Balaban J connectivity index is 2.45. The molecule has 2 nitrogen and oxygen atoms in total. The van der Waals surface area contributed by atoms with Crippen LogP contribution in [0.4, 0.5) is 13.2 Å². The predicted octanol–water partition coefficient (Wildman–Crippen LogP) is 1.80. The Hall–Kier alpha value is -1.07. The maximum Gasteiger partial charge on any atom is 0.194 e. The lowest BCUT2D eigenvalue weighted by Crippen LogP contribution is -2.27. The summed E-state index contributed by atoms with van der Waals surface area (Å²) in [4.78, 5) is 0. The van der Waals surface area contributed by atoms with Gasteiger partial charge < -0.3 is 10.8 Å². The van der Waals surface area contributed by atoms with Gasteiger partial charge in [-0.25, -0.2) is 13.2 Å². The van der Waals surface area contributed by atoms with E-state index >= 15 is 0 Å². The summed E-state index contributed by atoms with van der Waals surface area (Å²) < 4.78 is 39.2. The van der Waals surface area contributed by atoms with Gasteiger partial charge in [-0.2, -0.15) is 0 Å². The molecule has 1 saturated carbocycles. The Labute approximate surface area is 90.9 Å². The topological polar surface area (TPSA) is 46.2 Å². The van der Waals surface area contributed by atoms with Gasteiger partial charge in [0.15, 0.2) is 17.5 Å². The third kappa shape index (κ3) is 1.70. The van der Waals surface area contributed by atoms with Gasteiger partial charge in [-0.1, -0.05) is 6.07 Å². The molecular formula is C11H12F3NO. The highest BCUT2D eigenvalue weighted by Crippen LogP contribution is 2.39. The summed E-state index contributed by atoms with van der Waals surface area (Å²) >= 11 is 0. The van der Waals surface area contributed by atoms with Crippen molar-refractivity contribution in [3.8, 4) is 0 Å². The molecule has 2 unspecified atom stereocenters. The van der Waals surface area contributed by atoms with Crippen molar-refractivity contribution in [1.29, 1.82) is 0 Å². The van der Waals surface area contributed by atoms with E-state index < -0.39 is 23.1 Å². The lowest BCUT2D eigenvalue weighted by atomic mass is 9.91. The Kier molecular flexibility index (Phi) is 2.67. The molecule has 1 aromatic rings. The fourth-order valence-corrected chi connectivity index (χ4v) is 2.19. The summed E-state index contributed by atoms with van der Waals surface area (Å²) in [6, 6.07) is 1.65. The average Bonchev–Trinajstić information content (AvgIpc) is 2.56. The fourth-order valence-electron chi connectivity index (χ4n) is 2.19. The zero-order valence-corrected chi connectivity index (χ0v) is 8.51. The van der Waals surface area contributed by atoms with E-state index in [2.05, 4.69) is 0 Å². The second kappa shape index (κ2) is 3.75. The highest BCUT2D eigenvalue weighted by atomic mass is 19.2. The largest absolute Gasteiger partial charge is 0.385 e. The Bertz CT molecular complexity index is 424. The van der Waals surface area contributed by atoms with Crippen molar-refractivity contribution >= 4 is 0 Å². The van der Waals surface area contributed by atoms with Gasteiger partial charge in [-0.3, -0.25) is 0 Å². The van der Waals surface area contributed by atoms with E-state index in [-0.39, 0.29) is 24.4 Å². The van der Waals surface area contributed by atoms with Gasteiger partial charge in [0.1, 0.15) is 0 Å². The van der Waals surface area contributed by atoms with Crippen molar-refractivity contribution in [2.75, 3.05) is 0 Å². The average molecular weight is 231 g/mol. The summed E-state index contributed by atoms with van der Waals surface area (Å²) in [6.07, 6.45) is 0.958. The van der Waals surface area contributed by atoms with Crippen molar-refractivity contribution < 1.29 is 18.3 Å².